The van der Waals surface area contributed by atoms with Gasteiger partial charge in [0.05, 0.1) is 17.6 Å². The van der Waals surface area contributed by atoms with Gasteiger partial charge in [0.2, 0.25) is 0 Å². The van der Waals surface area contributed by atoms with Crippen molar-refractivity contribution in [1.82, 2.24) is 19.3 Å². The van der Waals surface area contributed by atoms with Gasteiger partial charge in [-0.05, 0) is 20.9 Å². The molecule has 0 amide bonds. The predicted octanol–water partition coefficient (Wildman–Crippen LogP) is 1.59. The van der Waals surface area contributed by atoms with Crippen LogP contribution in [0.5, 0.6) is 0 Å². The molecule has 0 aliphatic carbocycles. The van der Waals surface area contributed by atoms with Crippen molar-refractivity contribution in [2.24, 2.45) is 5.10 Å². The number of imidazole rings is 1. The average Bonchev–Trinajstić information content (AvgIpc) is 2.89. The van der Waals surface area contributed by atoms with Gasteiger partial charge in [-0.2, -0.15) is 5.10 Å². The molecule has 6 heteroatoms. The number of nitrogens with zero attached hydrogens (tertiary/aromatic N) is 5. The summed E-state index contributed by atoms with van der Waals surface area (Å²) in [4.78, 5) is 7.95. The molecule has 0 unspecified atom stereocenters. The second-order valence-electron chi connectivity index (χ2n) is 5.08. The van der Waals surface area contributed by atoms with Gasteiger partial charge in [-0.1, -0.05) is 0 Å². The van der Waals surface area contributed by atoms with Gasteiger partial charge in [-0.3, -0.25) is 9.41 Å². The fourth-order valence-corrected chi connectivity index (χ4v) is 3.24. The first-order chi connectivity index (χ1) is 9.15. The quantitative estimate of drug-likeness (QED) is 0.782. The molecule has 1 fully saturated rings. The Hall–Kier alpha value is -1.40. The van der Waals surface area contributed by atoms with Crippen LogP contribution in [-0.2, 0) is 0 Å². The number of aromatic nitrogens is 2. The Morgan fingerprint density at radius 3 is 2.74 bits per heavy atom. The Morgan fingerprint density at radius 2 is 2.00 bits per heavy atom. The Labute approximate surface area is 117 Å². The summed E-state index contributed by atoms with van der Waals surface area (Å²) in [6.45, 7) is 8.31. The third-order valence-corrected chi connectivity index (χ3v) is 4.52. The smallest absolute Gasteiger partial charge is 0.194 e. The van der Waals surface area contributed by atoms with Gasteiger partial charge in [-0.25, -0.2) is 4.98 Å². The second kappa shape index (κ2) is 4.94. The van der Waals surface area contributed by atoms with Crippen molar-refractivity contribution >= 4 is 22.5 Å². The molecule has 19 heavy (non-hydrogen) atoms. The molecule has 1 aliphatic rings. The van der Waals surface area contributed by atoms with Gasteiger partial charge in [0.25, 0.3) is 0 Å². The third-order valence-electron chi connectivity index (χ3n) is 3.58. The molecule has 0 radical (unpaired) electrons. The first kappa shape index (κ1) is 12.6. The maximum Gasteiger partial charge on any atom is 0.194 e. The van der Waals surface area contributed by atoms with Crippen molar-refractivity contribution in [3.8, 4) is 0 Å². The number of likely N-dealkylation sites (N-methyl/N-ethyl adjacent to an activating group) is 1. The zero-order valence-electron chi connectivity index (χ0n) is 11.6. The number of hydrazone groups is 1. The van der Waals surface area contributed by atoms with E-state index in [0.717, 1.165) is 42.5 Å². The third kappa shape index (κ3) is 2.37. The van der Waals surface area contributed by atoms with E-state index in [2.05, 4.69) is 43.7 Å². The molecule has 1 saturated heterocycles. The van der Waals surface area contributed by atoms with Crippen LogP contribution in [-0.4, -0.2) is 58.7 Å². The summed E-state index contributed by atoms with van der Waals surface area (Å²) >= 11 is 1.68. The largest absolute Gasteiger partial charge is 0.303 e. The fraction of sp³-hybridized carbons (Fsp3) is 0.538. The highest BCUT2D eigenvalue weighted by molar-refractivity contribution is 7.15. The number of hydrogen-bond acceptors (Lipinski definition) is 5. The minimum absolute atomic E-state index is 0.997. The van der Waals surface area contributed by atoms with Crippen LogP contribution in [0, 0.1) is 13.8 Å². The summed E-state index contributed by atoms with van der Waals surface area (Å²) in [5.41, 5.74) is 3.38. The van der Waals surface area contributed by atoms with Crippen molar-refractivity contribution in [3.05, 3.63) is 22.5 Å². The summed E-state index contributed by atoms with van der Waals surface area (Å²) < 4.78 is 2.18. The SMILES string of the molecule is Cc1nc2scc(C)n2c1/C=N/N1CCN(C)CC1. The number of aryl methyl sites for hydroxylation is 2. The highest BCUT2D eigenvalue weighted by atomic mass is 32.1. The van der Waals surface area contributed by atoms with Crippen LogP contribution < -0.4 is 0 Å². The maximum absolute atomic E-state index is 4.62. The predicted molar refractivity (Wildman–Crippen MR) is 79.2 cm³/mol. The standard InChI is InChI=1S/C13H19N5S/c1-10-9-19-13-15-11(2)12(18(10)13)8-14-17-6-4-16(3)5-7-17/h8-9H,4-7H2,1-3H3/b14-8+. The van der Waals surface area contributed by atoms with Gasteiger partial charge in [-0.15, -0.1) is 11.3 Å². The van der Waals surface area contributed by atoms with Gasteiger partial charge in [0, 0.05) is 37.3 Å². The van der Waals surface area contributed by atoms with E-state index in [0.29, 0.717) is 0 Å². The number of thiazole rings is 1. The lowest BCUT2D eigenvalue weighted by Gasteiger charge is -2.30. The van der Waals surface area contributed by atoms with Gasteiger partial charge < -0.3 is 4.90 Å². The number of hydrogen-bond donors (Lipinski definition) is 0. The second-order valence-corrected chi connectivity index (χ2v) is 5.92. The lowest BCUT2D eigenvalue weighted by Crippen LogP contribution is -2.41. The summed E-state index contributed by atoms with van der Waals surface area (Å²) in [6.07, 6.45) is 1.96. The zero-order valence-corrected chi connectivity index (χ0v) is 12.4. The maximum atomic E-state index is 4.62. The van der Waals surface area contributed by atoms with Crippen LogP contribution in [0.2, 0.25) is 0 Å². The van der Waals surface area contributed by atoms with E-state index in [4.69, 9.17) is 0 Å². The minimum atomic E-state index is 0.997. The van der Waals surface area contributed by atoms with Crippen LogP contribution >= 0.6 is 11.3 Å². The molecular weight excluding hydrogens is 258 g/mol. The van der Waals surface area contributed by atoms with E-state index in [-0.39, 0.29) is 0 Å². The molecule has 2 aromatic heterocycles. The number of fused-ring (bicyclic) bond motifs is 1. The van der Waals surface area contributed by atoms with Crippen LogP contribution in [0.1, 0.15) is 17.1 Å². The van der Waals surface area contributed by atoms with E-state index in [1.165, 1.54) is 5.69 Å². The Kier molecular flexibility index (Phi) is 3.28. The van der Waals surface area contributed by atoms with E-state index in [1.807, 2.05) is 13.1 Å². The van der Waals surface area contributed by atoms with E-state index in [9.17, 15) is 0 Å². The van der Waals surface area contributed by atoms with Crippen molar-refractivity contribution in [2.75, 3.05) is 33.2 Å². The van der Waals surface area contributed by atoms with Crippen LogP contribution in [0.15, 0.2) is 10.5 Å². The summed E-state index contributed by atoms with van der Waals surface area (Å²) in [7, 11) is 2.15. The van der Waals surface area contributed by atoms with Crippen LogP contribution in [0.4, 0.5) is 0 Å². The molecule has 3 heterocycles. The molecule has 5 nitrogen and oxygen atoms in total. The van der Waals surface area contributed by atoms with E-state index in [1.54, 1.807) is 11.3 Å². The first-order valence-corrected chi connectivity index (χ1v) is 7.44. The Morgan fingerprint density at radius 1 is 1.26 bits per heavy atom. The average molecular weight is 277 g/mol. The van der Waals surface area contributed by atoms with Gasteiger partial charge in [0.1, 0.15) is 0 Å². The topological polar surface area (TPSA) is 36.1 Å². The highest BCUT2D eigenvalue weighted by Gasteiger charge is 2.13. The Bertz CT molecular complexity index is 604. The summed E-state index contributed by atoms with van der Waals surface area (Å²) in [5.74, 6) is 0. The minimum Gasteiger partial charge on any atom is -0.303 e. The molecule has 1 aliphatic heterocycles. The van der Waals surface area contributed by atoms with Gasteiger partial charge >= 0.3 is 0 Å². The zero-order chi connectivity index (χ0) is 13.4. The monoisotopic (exact) mass is 277 g/mol. The first-order valence-electron chi connectivity index (χ1n) is 6.56. The molecule has 102 valence electrons. The molecule has 0 bridgehead atoms. The van der Waals surface area contributed by atoms with Crippen molar-refractivity contribution in [1.29, 1.82) is 0 Å². The lowest BCUT2D eigenvalue weighted by atomic mass is 10.3. The fourth-order valence-electron chi connectivity index (χ4n) is 2.33. The van der Waals surface area contributed by atoms with Crippen LogP contribution in [0.3, 0.4) is 0 Å². The highest BCUT2D eigenvalue weighted by Crippen LogP contribution is 2.19. The van der Waals surface area contributed by atoms with Crippen molar-refractivity contribution in [3.63, 3.8) is 0 Å². The lowest BCUT2D eigenvalue weighted by molar-refractivity contribution is 0.159. The molecule has 0 atom stereocenters. The van der Waals surface area contributed by atoms with Crippen LogP contribution in [0.25, 0.3) is 4.96 Å². The van der Waals surface area contributed by atoms with E-state index < -0.39 is 0 Å². The van der Waals surface area contributed by atoms with Gasteiger partial charge in [0.15, 0.2) is 4.96 Å². The normalized spacial score (nSPS) is 17.9. The molecule has 0 aromatic carbocycles. The molecular formula is C13H19N5S. The number of rotatable bonds is 2. The van der Waals surface area contributed by atoms with E-state index >= 15 is 0 Å². The molecule has 3 rings (SSSR count). The molecule has 0 spiro atoms. The molecule has 0 N–H and O–H groups in total. The Balaban J connectivity index is 1.84. The molecule has 0 saturated carbocycles. The van der Waals surface area contributed by atoms with Crippen molar-refractivity contribution < 1.29 is 0 Å². The summed E-state index contributed by atoms with van der Waals surface area (Å²) in [6, 6.07) is 0. The summed E-state index contributed by atoms with van der Waals surface area (Å²) in [5, 5.41) is 8.89. The molecule has 2 aromatic rings. The van der Waals surface area contributed by atoms with Crippen molar-refractivity contribution in [2.45, 2.75) is 13.8 Å². The number of piperazine rings is 1.